The van der Waals surface area contributed by atoms with Crippen LogP contribution in [0.15, 0.2) is 88.6 Å². The van der Waals surface area contributed by atoms with Crippen LogP contribution in [0.25, 0.3) is 10.2 Å². The number of nitrogens with zero attached hydrogens (tertiary/aromatic N) is 2. The number of nitrogens with one attached hydrogen (secondary N) is 1. The summed E-state index contributed by atoms with van der Waals surface area (Å²) < 4.78 is 7.42. The van der Waals surface area contributed by atoms with Crippen LogP contribution in [0.1, 0.15) is 0 Å². The van der Waals surface area contributed by atoms with Gasteiger partial charge in [-0.15, -0.1) is 17.9 Å². The first kappa shape index (κ1) is 20.9. The van der Waals surface area contributed by atoms with E-state index in [2.05, 4.69) is 16.9 Å². The van der Waals surface area contributed by atoms with E-state index in [0.29, 0.717) is 39.1 Å². The van der Waals surface area contributed by atoms with Gasteiger partial charge >= 0.3 is 0 Å². The van der Waals surface area contributed by atoms with E-state index in [1.807, 2.05) is 47.8 Å². The summed E-state index contributed by atoms with van der Waals surface area (Å²) in [6.45, 7) is 4.04. The summed E-state index contributed by atoms with van der Waals surface area (Å²) in [5.74, 6) is 1.11. The lowest BCUT2D eigenvalue weighted by molar-refractivity contribution is -0.113. The van der Waals surface area contributed by atoms with Gasteiger partial charge in [0.2, 0.25) is 5.91 Å². The van der Waals surface area contributed by atoms with Crippen molar-refractivity contribution in [2.24, 2.45) is 0 Å². The number of amides is 1. The fraction of sp³-hybridized carbons (Fsp3) is 0.0870. The van der Waals surface area contributed by atoms with E-state index in [0.717, 1.165) is 0 Å². The van der Waals surface area contributed by atoms with Gasteiger partial charge in [0.15, 0.2) is 10.9 Å². The smallest absolute Gasteiger partial charge is 0.263 e. The predicted octanol–water partition coefficient (Wildman–Crippen LogP) is 5.17. The third-order valence-corrected chi connectivity index (χ3v) is 6.11. The highest BCUT2D eigenvalue weighted by molar-refractivity contribution is 7.99. The zero-order valence-corrected chi connectivity index (χ0v) is 18.1. The molecule has 2 heterocycles. The number of carbonyl (C=O) groups excluding carboxylic acids is 1. The number of rotatable bonds is 8. The average molecular weight is 450 g/mol. The molecule has 0 radical (unpaired) electrons. The van der Waals surface area contributed by atoms with Gasteiger partial charge in [0.1, 0.15) is 10.6 Å². The molecule has 0 fully saturated rings. The highest BCUT2D eigenvalue weighted by Crippen LogP contribution is 2.29. The number of fused-ring (bicyclic) bond motifs is 1. The summed E-state index contributed by atoms with van der Waals surface area (Å²) in [4.78, 5) is 30.6. The molecule has 0 unspecified atom stereocenters. The minimum atomic E-state index is -0.222. The molecule has 0 aliphatic rings. The van der Waals surface area contributed by atoms with Gasteiger partial charge in [-0.3, -0.25) is 14.2 Å². The molecule has 4 rings (SSSR count). The second kappa shape index (κ2) is 9.63. The van der Waals surface area contributed by atoms with E-state index in [1.165, 1.54) is 27.7 Å². The maximum atomic E-state index is 12.7. The fourth-order valence-corrected chi connectivity index (χ4v) is 4.53. The third kappa shape index (κ3) is 4.87. The summed E-state index contributed by atoms with van der Waals surface area (Å²) in [7, 11) is 0. The molecule has 0 aliphatic heterocycles. The standard InChI is InChI=1S/C23H19N3O3S2/c1-2-13-26-22(28)17-12-14-30-21(17)25-23(26)31-15-20(27)24-18-10-6-7-11-19(18)29-16-8-4-3-5-9-16/h2-12,14H,1,13,15H2,(H,24,27). The van der Waals surface area contributed by atoms with Gasteiger partial charge in [0.05, 0.1) is 16.8 Å². The Bertz CT molecular complexity index is 1280. The van der Waals surface area contributed by atoms with E-state index >= 15 is 0 Å². The predicted molar refractivity (Wildman–Crippen MR) is 126 cm³/mol. The maximum absolute atomic E-state index is 12.7. The van der Waals surface area contributed by atoms with Crippen LogP contribution in [0.2, 0.25) is 0 Å². The minimum Gasteiger partial charge on any atom is -0.455 e. The van der Waals surface area contributed by atoms with Crippen molar-refractivity contribution >= 4 is 44.9 Å². The summed E-state index contributed by atoms with van der Waals surface area (Å²) >= 11 is 2.62. The number of thioether (sulfide) groups is 1. The molecule has 8 heteroatoms. The van der Waals surface area contributed by atoms with Crippen LogP contribution in [0.4, 0.5) is 5.69 Å². The Morgan fingerprint density at radius 1 is 1.16 bits per heavy atom. The van der Waals surface area contributed by atoms with E-state index in [4.69, 9.17) is 4.74 Å². The Labute approximate surface area is 187 Å². The Kier molecular flexibility index (Phi) is 6.49. The number of carbonyl (C=O) groups is 1. The number of hydrogen-bond acceptors (Lipinski definition) is 6. The Balaban J connectivity index is 1.49. The van der Waals surface area contributed by atoms with Gasteiger partial charge < -0.3 is 10.1 Å². The first-order chi connectivity index (χ1) is 15.2. The average Bonchev–Trinajstić information content (AvgIpc) is 3.26. The third-order valence-electron chi connectivity index (χ3n) is 4.32. The van der Waals surface area contributed by atoms with Crippen LogP contribution in [0.3, 0.4) is 0 Å². The maximum Gasteiger partial charge on any atom is 0.263 e. The van der Waals surface area contributed by atoms with E-state index < -0.39 is 0 Å². The Hall–Kier alpha value is -3.36. The number of hydrogen-bond donors (Lipinski definition) is 1. The first-order valence-electron chi connectivity index (χ1n) is 9.49. The van der Waals surface area contributed by atoms with Crippen molar-refractivity contribution < 1.29 is 9.53 Å². The molecule has 156 valence electrons. The lowest BCUT2D eigenvalue weighted by Gasteiger charge is -2.13. The number of anilines is 1. The normalized spacial score (nSPS) is 10.7. The molecule has 4 aromatic rings. The summed E-state index contributed by atoms with van der Waals surface area (Å²) in [5.41, 5.74) is 0.442. The number of aromatic nitrogens is 2. The van der Waals surface area contributed by atoms with Crippen molar-refractivity contribution in [2.75, 3.05) is 11.1 Å². The molecule has 1 N–H and O–H groups in total. The van der Waals surface area contributed by atoms with Gasteiger partial charge in [-0.25, -0.2) is 4.98 Å². The number of allylic oxidation sites excluding steroid dienone is 1. The lowest BCUT2D eigenvalue weighted by Crippen LogP contribution is -2.23. The van der Waals surface area contributed by atoms with Gasteiger partial charge in [0, 0.05) is 6.54 Å². The summed E-state index contributed by atoms with van der Waals surface area (Å²) in [5, 5.41) is 5.78. The molecular formula is C23H19N3O3S2. The highest BCUT2D eigenvalue weighted by Gasteiger charge is 2.14. The van der Waals surface area contributed by atoms with Crippen molar-refractivity contribution in [3.05, 3.63) is 89.1 Å². The molecule has 2 aromatic carbocycles. The SMILES string of the molecule is C=CCn1c(SCC(=O)Nc2ccccc2Oc2ccccc2)nc2sccc2c1=O. The second-order valence-corrected chi connectivity index (χ2v) is 8.32. The van der Waals surface area contributed by atoms with Crippen LogP contribution in [-0.4, -0.2) is 21.2 Å². The largest absolute Gasteiger partial charge is 0.455 e. The van der Waals surface area contributed by atoms with Gasteiger partial charge in [0.25, 0.3) is 5.56 Å². The number of benzene rings is 2. The first-order valence-corrected chi connectivity index (χ1v) is 11.4. The van der Waals surface area contributed by atoms with Crippen molar-refractivity contribution in [3.8, 4) is 11.5 Å². The molecule has 0 bridgehead atoms. The quantitative estimate of drug-likeness (QED) is 0.228. The molecule has 6 nitrogen and oxygen atoms in total. The fourth-order valence-electron chi connectivity index (χ4n) is 2.92. The van der Waals surface area contributed by atoms with E-state index in [9.17, 15) is 9.59 Å². The van der Waals surface area contributed by atoms with Crippen molar-refractivity contribution in [3.63, 3.8) is 0 Å². The number of ether oxygens (including phenoxy) is 1. The molecule has 0 aliphatic carbocycles. The highest BCUT2D eigenvalue weighted by atomic mass is 32.2. The van der Waals surface area contributed by atoms with Crippen LogP contribution < -0.4 is 15.6 Å². The summed E-state index contributed by atoms with van der Waals surface area (Å²) in [6.07, 6.45) is 1.64. The topological polar surface area (TPSA) is 73.2 Å². The van der Waals surface area contributed by atoms with E-state index in [1.54, 1.807) is 24.3 Å². The Morgan fingerprint density at radius 2 is 1.94 bits per heavy atom. The van der Waals surface area contributed by atoms with Gasteiger partial charge in [-0.2, -0.15) is 0 Å². The minimum absolute atomic E-state index is 0.0974. The molecular weight excluding hydrogens is 430 g/mol. The zero-order valence-electron chi connectivity index (χ0n) is 16.5. The van der Waals surface area contributed by atoms with Crippen molar-refractivity contribution in [1.29, 1.82) is 0 Å². The second-order valence-electron chi connectivity index (χ2n) is 6.49. The number of thiophene rings is 1. The van der Waals surface area contributed by atoms with Crippen LogP contribution >= 0.6 is 23.1 Å². The molecule has 0 atom stereocenters. The molecule has 2 aromatic heterocycles. The molecule has 0 spiro atoms. The van der Waals surface area contributed by atoms with Crippen LogP contribution in [0.5, 0.6) is 11.5 Å². The summed E-state index contributed by atoms with van der Waals surface area (Å²) in [6, 6.07) is 18.4. The molecule has 31 heavy (non-hydrogen) atoms. The van der Waals surface area contributed by atoms with Crippen molar-refractivity contribution in [2.45, 2.75) is 11.7 Å². The lowest BCUT2D eigenvalue weighted by atomic mass is 10.3. The zero-order chi connectivity index (χ0) is 21.6. The van der Waals surface area contributed by atoms with Gasteiger partial charge in [-0.1, -0.05) is 48.2 Å². The number of para-hydroxylation sites is 3. The van der Waals surface area contributed by atoms with Crippen LogP contribution in [-0.2, 0) is 11.3 Å². The monoisotopic (exact) mass is 449 g/mol. The van der Waals surface area contributed by atoms with Crippen LogP contribution in [0, 0.1) is 0 Å². The van der Waals surface area contributed by atoms with Gasteiger partial charge in [-0.05, 0) is 35.7 Å². The molecule has 0 saturated carbocycles. The van der Waals surface area contributed by atoms with E-state index in [-0.39, 0.29) is 17.2 Å². The molecule has 0 saturated heterocycles. The Morgan fingerprint density at radius 3 is 2.74 bits per heavy atom. The van der Waals surface area contributed by atoms with Crippen molar-refractivity contribution in [1.82, 2.24) is 9.55 Å². The molecule has 1 amide bonds.